The number of carbonyl (C=O) groups excluding carboxylic acids is 1. The number of carbonyl (C=O) groups is 1. The summed E-state index contributed by atoms with van der Waals surface area (Å²) in [5.41, 5.74) is -0.499. The molecule has 5 nitrogen and oxygen atoms in total. The van der Waals surface area contributed by atoms with Crippen LogP contribution in [0.4, 0.5) is 0 Å². The van der Waals surface area contributed by atoms with Crippen molar-refractivity contribution in [2.24, 2.45) is 11.3 Å². The van der Waals surface area contributed by atoms with Crippen LogP contribution in [0.25, 0.3) is 0 Å². The van der Waals surface area contributed by atoms with Crippen molar-refractivity contribution in [1.29, 1.82) is 0 Å². The van der Waals surface area contributed by atoms with E-state index >= 15 is 0 Å². The van der Waals surface area contributed by atoms with Crippen LogP contribution in [0.5, 0.6) is 0 Å². The number of rotatable bonds is 12. The van der Waals surface area contributed by atoms with E-state index in [-0.39, 0.29) is 12.6 Å². The average molecular weight is 332 g/mol. The maximum absolute atomic E-state index is 12.2. The quantitative estimate of drug-likeness (QED) is 0.424. The molecule has 2 N–H and O–H groups in total. The molecule has 0 aliphatic heterocycles. The van der Waals surface area contributed by atoms with Gasteiger partial charge < -0.3 is 19.6 Å². The van der Waals surface area contributed by atoms with Crippen molar-refractivity contribution < 1.29 is 19.1 Å². The van der Waals surface area contributed by atoms with Crippen molar-refractivity contribution in [2.45, 2.75) is 54.1 Å². The second-order valence-electron chi connectivity index (χ2n) is 7.72. The summed E-state index contributed by atoms with van der Waals surface area (Å²) in [6, 6.07) is 0. The van der Waals surface area contributed by atoms with Crippen LogP contribution in [0.2, 0.25) is 0 Å². The van der Waals surface area contributed by atoms with Crippen LogP contribution >= 0.6 is 0 Å². The summed E-state index contributed by atoms with van der Waals surface area (Å²) >= 11 is 0. The van der Waals surface area contributed by atoms with Gasteiger partial charge in [0.05, 0.1) is 25.0 Å². The van der Waals surface area contributed by atoms with E-state index in [9.17, 15) is 9.90 Å². The molecular formula is C18H39N2O3+. The van der Waals surface area contributed by atoms with Gasteiger partial charge in [-0.3, -0.25) is 4.79 Å². The molecule has 0 aliphatic rings. The average Bonchev–Trinajstić information content (AvgIpc) is 2.47. The van der Waals surface area contributed by atoms with Gasteiger partial charge in [0.25, 0.3) is 0 Å². The zero-order valence-corrected chi connectivity index (χ0v) is 16.3. The summed E-state index contributed by atoms with van der Waals surface area (Å²) in [6.45, 7) is 16.8. The first-order valence-electron chi connectivity index (χ1n) is 8.97. The Labute approximate surface area is 143 Å². The zero-order chi connectivity index (χ0) is 18.1. The van der Waals surface area contributed by atoms with Gasteiger partial charge in [-0.15, -0.1) is 0 Å². The molecule has 0 radical (unpaired) electrons. The molecule has 0 bridgehead atoms. The Balaban J connectivity index is 4.52. The molecule has 0 aromatic carbocycles. The molecule has 1 atom stereocenters. The maximum atomic E-state index is 12.2. The summed E-state index contributed by atoms with van der Waals surface area (Å²) in [5.74, 6) is 0.222. The molecule has 5 heteroatoms. The Kier molecular flexibility index (Phi) is 9.97. The number of aliphatic hydroxyl groups is 1. The highest BCUT2D eigenvalue weighted by atomic mass is 16.5. The molecule has 0 aromatic rings. The number of aliphatic hydroxyl groups excluding tert-OH is 1. The summed E-state index contributed by atoms with van der Waals surface area (Å²) in [4.78, 5) is 12.2. The van der Waals surface area contributed by atoms with E-state index in [2.05, 4.69) is 33.0 Å². The lowest BCUT2D eigenvalue weighted by atomic mass is 9.84. The van der Waals surface area contributed by atoms with Crippen LogP contribution in [0.15, 0.2) is 0 Å². The maximum Gasteiger partial charge on any atom is 0.311 e. The van der Waals surface area contributed by atoms with Crippen molar-refractivity contribution in [2.75, 3.05) is 46.4 Å². The summed E-state index contributed by atoms with van der Waals surface area (Å²) in [5, 5.41) is 13.5. The van der Waals surface area contributed by atoms with Gasteiger partial charge in [0, 0.05) is 6.54 Å². The lowest BCUT2D eigenvalue weighted by Gasteiger charge is -2.38. The van der Waals surface area contributed by atoms with Crippen LogP contribution in [0, 0.1) is 11.3 Å². The molecule has 0 amide bonds. The largest absolute Gasteiger partial charge is 0.462 e. The molecule has 0 aromatic heterocycles. The fourth-order valence-electron chi connectivity index (χ4n) is 3.21. The van der Waals surface area contributed by atoms with E-state index in [0.717, 1.165) is 37.1 Å². The minimum atomic E-state index is -0.620. The standard InChI is InChI=1S/C18H39N2O3/c1-8-20(9-2,11-10-19-7)13-16(21)14-23-17(22)18(5,6)12-15(3)4/h15-16,19,21H,8-14H2,1-7H3/q+1. The van der Waals surface area contributed by atoms with Crippen LogP contribution < -0.4 is 5.32 Å². The van der Waals surface area contributed by atoms with Crippen molar-refractivity contribution in [3.05, 3.63) is 0 Å². The van der Waals surface area contributed by atoms with Crippen molar-refractivity contribution in [1.82, 2.24) is 5.32 Å². The summed E-state index contributed by atoms with van der Waals surface area (Å²) in [6.07, 6.45) is 0.166. The fourth-order valence-corrected chi connectivity index (χ4v) is 3.21. The number of likely N-dealkylation sites (N-methyl/N-ethyl adjacent to an activating group) is 2. The molecule has 0 aliphatic carbocycles. The van der Waals surface area contributed by atoms with E-state index < -0.39 is 11.5 Å². The van der Waals surface area contributed by atoms with Crippen molar-refractivity contribution in [3.63, 3.8) is 0 Å². The van der Waals surface area contributed by atoms with Gasteiger partial charge in [0.2, 0.25) is 0 Å². The molecule has 1 unspecified atom stereocenters. The molecule has 0 rings (SSSR count). The molecule has 0 fully saturated rings. The van der Waals surface area contributed by atoms with Gasteiger partial charge >= 0.3 is 5.97 Å². The molecule has 23 heavy (non-hydrogen) atoms. The van der Waals surface area contributed by atoms with Gasteiger partial charge in [-0.2, -0.15) is 0 Å². The smallest absolute Gasteiger partial charge is 0.311 e. The predicted octanol–water partition coefficient (Wildman–Crippen LogP) is 2.04. The number of esters is 1. The lowest BCUT2D eigenvalue weighted by molar-refractivity contribution is -0.926. The third-order valence-corrected chi connectivity index (χ3v) is 4.65. The minimum Gasteiger partial charge on any atom is -0.462 e. The topological polar surface area (TPSA) is 58.6 Å². The highest BCUT2D eigenvalue weighted by molar-refractivity contribution is 5.75. The molecule has 0 saturated heterocycles. The third-order valence-electron chi connectivity index (χ3n) is 4.65. The van der Waals surface area contributed by atoms with Gasteiger partial charge in [0.1, 0.15) is 19.3 Å². The van der Waals surface area contributed by atoms with Crippen LogP contribution in [0.1, 0.15) is 48.0 Å². The predicted molar refractivity (Wildman–Crippen MR) is 95.2 cm³/mol. The van der Waals surface area contributed by atoms with Crippen LogP contribution in [-0.4, -0.2) is 68.0 Å². The monoisotopic (exact) mass is 331 g/mol. The molecule has 0 saturated carbocycles. The number of nitrogens with one attached hydrogen (secondary N) is 1. The minimum absolute atomic E-state index is 0.0832. The molecule has 0 heterocycles. The first kappa shape index (κ1) is 22.4. The fraction of sp³-hybridized carbons (Fsp3) is 0.944. The van der Waals surface area contributed by atoms with E-state index in [4.69, 9.17) is 4.74 Å². The van der Waals surface area contributed by atoms with Crippen molar-refractivity contribution in [3.8, 4) is 0 Å². The number of hydrogen-bond donors (Lipinski definition) is 2. The third kappa shape index (κ3) is 8.13. The van der Waals surface area contributed by atoms with Gasteiger partial charge in [0.15, 0.2) is 0 Å². The number of hydrogen-bond acceptors (Lipinski definition) is 4. The SMILES string of the molecule is CC[N+](CC)(CCNC)CC(O)COC(=O)C(C)(C)CC(C)C. The van der Waals surface area contributed by atoms with Gasteiger partial charge in [-0.05, 0) is 47.1 Å². The normalized spacial score (nSPS) is 14.1. The molecule has 138 valence electrons. The lowest BCUT2D eigenvalue weighted by Crippen LogP contribution is -2.55. The van der Waals surface area contributed by atoms with Crippen LogP contribution in [0.3, 0.4) is 0 Å². The summed E-state index contributed by atoms with van der Waals surface area (Å²) < 4.78 is 6.22. The highest BCUT2D eigenvalue weighted by Crippen LogP contribution is 2.26. The Bertz CT molecular complexity index is 339. The molecular weight excluding hydrogens is 292 g/mol. The van der Waals surface area contributed by atoms with E-state index in [1.807, 2.05) is 20.9 Å². The van der Waals surface area contributed by atoms with Crippen LogP contribution in [-0.2, 0) is 9.53 Å². The number of quaternary nitrogens is 1. The summed E-state index contributed by atoms with van der Waals surface area (Å²) in [7, 11) is 1.94. The Hall–Kier alpha value is -0.650. The Morgan fingerprint density at radius 3 is 2.26 bits per heavy atom. The Morgan fingerprint density at radius 2 is 1.83 bits per heavy atom. The molecule has 0 spiro atoms. The zero-order valence-electron chi connectivity index (χ0n) is 16.3. The van der Waals surface area contributed by atoms with E-state index in [1.165, 1.54) is 0 Å². The number of nitrogens with zero attached hydrogens (tertiary/aromatic N) is 1. The van der Waals surface area contributed by atoms with Gasteiger partial charge in [-0.25, -0.2) is 0 Å². The van der Waals surface area contributed by atoms with Crippen molar-refractivity contribution >= 4 is 5.97 Å². The second kappa shape index (κ2) is 10.3. The highest BCUT2D eigenvalue weighted by Gasteiger charge is 2.32. The Morgan fingerprint density at radius 1 is 1.26 bits per heavy atom. The number of ether oxygens (including phenoxy) is 1. The first-order valence-corrected chi connectivity index (χ1v) is 8.97. The van der Waals surface area contributed by atoms with Gasteiger partial charge in [-0.1, -0.05) is 13.8 Å². The second-order valence-corrected chi connectivity index (χ2v) is 7.72. The van der Waals surface area contributed by atoms with E-state index in [0.29, 0.717) is 12.5 Å². The first-order chi connectivity index (χ1) is 10.6. The van der Waals surface area contributed by atoms with E-state index in [1.54, 1.807) is 0 Å².